The number of fused-ring (bicyclic) bond motifs is 4. The summed E-state index contributed by atoms with van der Waals surface area (Å²) in [4.78, 5) is 4.64. The molecule has 0 spiro atoms. The van der Waals surface area contributed by atoms with E-state index in [2.05, 4.69) is 137 Å². The molecular weight excluding hydrogens is 783 g/mol. The molecule has 0 fully saturated rings. The molecule has 7 rings (SSSR count). The van der Waals surface area contributed by atoms with E-state index in [-0.39, 0.29) is 21.7 Å². The van der Waals surface area contributed by atoms with Crippen LogP contribution in [0.15, 0.2) is 72.9 Å². The first kappa shape index (κ1) is 46.2. The Kier molecular flexibility index (Phi) is 13.4. The second-order valence-electron chi connectivity index (χ2n) is 21.8. The van der Waals surface area contributed by atoms with Crippen molar-refractivity contribution >= 4 is 0 Å². The Hall–Kier alpha value is -4.85. The Morgan fingerprint density at radius 3 is 1.22 bits per heavy atom. The highest BCUT2D eigenvalue weighted by molar-refractivity contribution is 5.59. The lowest BCUT2D eigenvalue weighted by molar-refractivity contribution is 0.0273. The first-order valence-electron chi connectivity index (χ1n) is 22.9. The summed E-state index contributed by atoms with van der Waals surface area (Å²) in [6, 6.07) is 24.3. The number of rotatable bonds is 3. The van der Waals surface area contributed by atoms with Crippen LogP contribution in [-0.2, 0) is 63.4 Å². The maximum atomic E-state index is 12.6. The van der Waals surface area contributed by atoms with Gasteiger partial charge in [-0.05, 0) is 101 Å². The maximum absolute atomic E-state index is 12.6. The topological polar surface area (TPSA) is 79.3 Å². The molecule has 7 heteroatoms. The molecule has 0 saturated heterocycles. The van der Waals surface area contributed by atoms with Gasteiger partial charge in [0.15, 0.2) is 0 Å². The van der Waals surface area contributed by atoms with Gasteiger partial charge in [-0.1, -0.05) is 138 Å². The summed E-state index contributed by atoms with van der Waals surface area (Å²) < 4.78 is 32.9. The van der Waals surface area contributed by atoms with Crippen LogP contribution in [0.25, 0.3) is 0 Å². The summed E-state index contributed by atoms with van der Waals surface area (Å²) in [6.45, 7) is 30.1. The quantitative estimate of drug-likeness (QED) is 0.190. The third kappa shape index (κ3) is 11.1. The summed E-state index contributed by atoms with van der Waals surface area (Å²) in [6.07, 6.45) is 3.91. The summed E-state index contributed by atoms with van der Waals surface area (Å²) in [5.41, 5.74) is 13.1. The summed E-state index contributed by atoms with van der Waals surface area (Å²) in [7, 11) is 0. The number of phenolic OH excluding ortho intramolecular Hbond substituents is 1. The summed E-state index contributed by atoms with van der Waals surface area (Å²) in [5.74, 6) is 2.83. The van der Waals surface area contributed by atoms with Crippen LogP contribution in [0.4, 0.5) is 0 Å². The Morgan fingerprint density at radius 1 is 0.476 bits per heavy atom. The fraction of sp³-hybridized carbons (Fsp3) is 0.482. The zero-order valence-electron chi connectivity index (χ0n) is 40.1. The number of aromatic nitrogens is 1. The van der Waals surface area contributed by atoms with Crippen LogP contribution in [-0.4, -0.2) is 49.7 Å². The predicted octanol–water partition coefficient (Wildman–Crippen LogP) is 12.0. The summed E-state index contributed by atoms with van der Waals surface area (Å²) >= 11 is 0. The second-order valence-corrected chi connectivity index (χ2v) is 21.8. The molecule has 63 heavy (non-hydrogen) atoms. The third-order valence-corrected chi connectivity index (χ3v) is 12.4. The number of phenols is 1. The normalized spacial score (nSPS) is 15.6. The summed E-state index contributed by atoms with van der Waals surface area (Å²) in [5, 5.41) is 12.6. The average molecular weight is 854 g/mol. The van der Waals surface area contributed by atoms with Gasteiger partial charge < -0.3 is 28.8 Å². The van der Waals surface area contributed by atoms with E-state index in [1.54, 1.807) is 0 Å². The third-order valence-electron chi connectivity index (χ3n) is 12.4. The van der Waals surface area contributed by atoms with Crippen LogP contribution >= 0.6 is 0 Å². The molecule has 1 aromatic heterocycles. The lowest BCUT2D eigenvalue weighted by Crippen LogP contribution is -2.18. The van der Waals surface area contributed by atoms with E-state index in [1.807, 2.05) is 24.4 Å². The van der Waals surface area contributed by atoms with Gasteiger partial charge in [-0.25, -0.2) is 0 Å². The fourth-order valence-electron chi connectivity index (χ4n) is 8.55. The van der Waals surface area contributed by atoms with Crippen LogP contribution in [0, 0.1) is 0 Å². The van der Waals surface area contributed by atoms with Crippen LogP contribution in [0.1, 0.15) is 156 Å². The van der Waals surface area contributed by atoms with Crippen LogP contribution in [0.5, 0.6) is 23.0 Å². The molecule has 0 saturated carbocycles. The monoisotopic (exact) mass is 854 g/mol. The van der Waals surface area contributed by atoms with Crippen LogP contribution in [0.2, 0.25) is 0 Å². The smallest absolute Gasteiger partial charge is 0.130 e. The first-order chi connectivity index (χ1) is 29.6. The van der Waals surface area contributed by atoms with Crippen molar-refractivity contribution in [2.75, 3.05) is 39.6 Å². The van der Waals surface area contributed by atoms with Crippen LogP contribution < -0.4 is 14.2 Å². The van der Waals surface area contributed by atoms with Crippen molar-refractivity contribution in [3.63, 3.8) is 0 Å². The SMILES string of the molecule is CC(C)(C)c1cc2c(O)c(c1)Cc1cc(C(C)(C)C)cc(c1OCc1ccccn1)Cc1cc(C(C)(C)C)cc3c1OCCOCCOCCOc1c(cc(C(C)(C)C)cc1C3)C2. The Bertz CT molecular complexity index is 2410. The van der Waals surface area contributed by atoms with Gasteiger partial charge in [0.05, 0.1) is 32.1 Å². The first-order valence-corrected chi connectivity index (χ1v) is 22.9. The molecule has 1 N–H and O–H groups in total. The van der Waals surface area contributed by atoms with Crippen molar-refractivity contribution in [2.45, 2.75) is 137 Å². The Morgan fingerprint density at radius 2 is 0.825 bits per heavy atom. The number of hydrogen-bond donors (Lipinski definition) is 1. The minimum atomic E-state index is -0.179. The van der Waals surface area contributed by atoms with E-state index in [1.165, 1.54) is 16.7 Å². The Balaban J connectivity index is 1.59. The molecule has 1 aliphatic heterocycles. The average Bonchev–Trinajstić information content (AvgIpc) is 3.19. The van der Waals surface area contributed by atoms with Gasteiger partial charge in [-0.15, -0.1) is 0 Å². The zero-order valence-corrected chi connectivity index (χ0v) is 40.1. The zero-order chi connectivity index (χ0) is 45.3. The van der Waals surface area contributed by atoms with E-state index >= 15 is 0 Å². The van der Waals surface area contributed by atoms with Crippen LogP contribution in [0.3, 0.4) is 0 Å². The van der Waals surface area contributed by atoms with E-state index < -0.39 is 0 Å². The minimum Gasteiger partial charge on any atom is -0.507 e. The molecule has 10 bridgehead atoms. The lowest BCUT2D eigenvalue weighted by Gasteiger charge is -2.29. The molecule has 0 atom stereocenters. The minimum absolute atomic E-state index is 0.151. The highest BCUT2D eigenvalue weighted by atomic mass is 16.6. The van der Waals surface area contributed by atoms with E-state index in [0.29, 0.717) is 77.7 Å². The van der Waals surface area contributed by atoms with Crippen molar-refractivity contribution in [3.05, 3.63) is 145 Å². The molecule has 5 aromatic rings. The molecular formula is C56H71NO6. The number of ether oxygens (including phenoxy) is 5. The van der Waals surface area contributed by atoms with E-state index in [4.69, 9.17) is 23.7 Å². The molecule has 0 unspecified atom stereocenters. The highest BCUT2D eigenvalue weighted by Crippen LogP contribution is 2.44. The molecule has 336 valence electrons. The van der Waals surface area contributed by atoms with Gasteiger partial charge in [-0.2, -0.15) is 0 Å². The van der Waals surface area contributed by atoms with Crippen molar-refractivity contribution in [1.82, 2.24) is 4.98 Å². The number of aromatic hydroxyl groups is 1. The van der Waals surface area contributed by atoms with Crippen molar-refractivity contribution in [1.29, 1.82) is 0 Å². The standard InChI is InChI=1S/C56H71NO6/c1-53(2,3)44-27-36-23-38-29-45(54(4,5)6)31-40-25-41-32-47(56(10,11)12)33-42(51(41)62-22-20-60-18-17-59-19-21-61-50(38)40)26-43-34-46(55(7,8)9)30-39(24-37(28-44)49(36)58)52(43)63-35-48-15-13-14-16-57-48/h13-16,27-34,58H,17-26,35H2,1-12H3. The molecule has 2 heterocycles. The van der Waals surface area contributed by atoms with Gasteiger partial charge >= 0.3 is 0 Å². The Labute approximate surface area is 377 Å². The lowest BCUT2D eigenvalue weighted by atomic mass is 9.79. The molecule has 7 nitrogen and oxygen atoms in total. The fourth-order valence-corrected chi connectivity index (χ4v) is 8.55. The van der Waals surface area contributed by atoms with Gasteiger partial charge in [0.2, 0.25) is 0 Å². The second kappa shape index (κ2) is 18.3. The van der Waals surface area contributed by atoms with E-state index in [0.717, 1.165) is 73.0 Å². The number of hydrogen-bond acceptors (Lipinski definition) is 7. The number of nitrogens with zero attached hydrogens (tertiary/aromatic N) is 1. The van der Waals surface area contributed by atoms with Gasteiger partial charge in [-0.3, -0.25) is 4.98 Å². The number of benzene rings is 4. The van der Waals surface area contributed by atoms with Crippen molar-refractivity contribution in [2.24, 2.45) is 0 Å². The molecule has 0 radical (unpaired) electrons. The van der Waals surface area contributed by atoms with E-state index in [9.17, 15) is 5.11 Å². The van der Waals surface area contributed by atoms with Gasteiger partial charge in [0, 0.05) is 31.9 Å². The molecule has 1 aliphatic carbocycles. The van der Waals surface area contributed by atoms with Gasteiger partial charge in [0.1, 0.15) is 42.8 Å². The predicted molar refractivity (Wildman–Crippen MR) is 255 cm³/mol. The highest BCUT2D eigenvalue weighted by Gasteiger charge is 2.29. The molecule has 4 aromatic carbocycles. The van der Waals surface area contributed by atoms with Crippen molar-refractivity contribution in [3.8, 4) is 23.0 Å². The largest absolute Gasteiger partial charge is 0.507 e. The number of pyridine rings is 1. The van der Waals surface area contributed by atoms with Gasteiger partial charge in [0.25, 0.3) is 0 Å². The maximum Gasteiger partial charge on any atom is 0.130 e. The molecule has 0 amide bonds. The van der Waals surface area contributed by atoms with Crippen molar-refractivity contribution < 1.29 is 28.8 Å². The molecule has 2 aliphatic rings.